The Kier molecular flexibility index (Phi) is 3.35. The zero-order valence-electron chi connectivity index (χ0n) is 6.90. The molecule has 0 saturated carbocycles. The Morgan fingerprint density at radius 3 is 1.58 bits per heavy atom. The molecule has 0 N–H and O–H groups in total. The third-order valence-corrected chi connectivity index (χ3v) is 1.20. The minimum absolute atomic E-state index is 0.176. The molecule has 0 fully saturated rings. The fourth-order valence-corrected chi connectivity index (χ4v) is 0.943. The molecule has 7 heteroatoms. The quantitative estimate of drug-likeness (QED) is 0.543. The van der Waals surface area contributed by atoms with E-state index in [4.69, 9.17) is 0 Å². The van der Waals surface area contributed by atoms with Crippen molar-refractivity contribution in [1.82, 2.24) is 5.06 Å². The third kappa shape index (κ3) is 4.04. The molecule has 0 aromatic carbocycles. The molecule has 12 heavy (non-hydrogen) atoms. The summed E-state index contributed by atoms with van der Waals surface area (Å²) in [6.07, 6.45) is 0.742. The first-order chi connectivity index (χ1) is 5.24. The van der Waals surface area contributed by atoms with Gasteiger partial charge in [0.15, 0.2) is 0 Å². The molecule has 0 aliphatic rings. The molecule has 0 aliphatic heterocycles. The normalized spacial score (nSPS) is 10.9. The predicted octanol–water partition coefficient (Wildman–Crippen LogP) is -0.727. The molecule has 2 amide bonds. The Bertz CT molecular complexity index is 279. The number of carbonyl (C=O) groups excluding carboxylic acids is 2. The summed E-state index contributed by atoms with van der Waals surface area (Å²) >= 11 is 0. The minimum Gasteiger partial charge on any atom is -0.272 e. The molecule has 0 saturated heterocycles. The van der Waals surface area contributed by atoms with Crippen molar-refractivity contribution < 1.29 is 22.3 Å². The molecule has 0 radical (unpaired) electrons. The Balaban J connectivity index is 4.58. The fourth-order valence-electron chi connectivity index (χ4n) is 0.462. The average Bonchev–Trinajstić information content (AvgIpc) is 1.79. The number of hydrogen-bond acceptors (Lipinski definition) is 5. The molecule has 0 heterocycles. The van der Waals surface area contributed by atoms with Gasteiger partial charge in [-0.3, -0.25) is 9.59 Å². The highest BCUT2D eigenvalue weighted by molar-refractivity contribution is 7.85. The van der Waals surface area contributed by atoms with Crippen molar-refractivity contribution >= 4 is 21.9 Å². The summed E-state index contributed by atoms with van der Waals surface area (Å²) in [5.41, 5.74) is 0. The third-order valence-electron chi connectivity index (χ3n) is 0.782. The van der Waals surface area contributed by atoms with Crippen molar-refractivity contribution in [2.45, 2.75) is 13.8 Å². The summed E-state index contributed by atoms with van der Waals surface area (Å²) in [5.74, 6) is -1.57. The van der Waals surface area contributed by atoms with Gasteiger partial charge in [-0.15, -0.1) is 9.35 Å². The van der Waals surface area contributed by atoms with Crippen LogP contribution in [0.1, 0.15) is 13.8 Å². The highest BCUT2D eigenvalue weighted by Gasteiger charge is 2.19. The maximum absolute atomic E-state index is 10.6. The molecular weight excluding hydrogens is 186 g/mol. The van der Waals surface area contributed by atoms with E-state index in [-0.39, 0.29) is 5.06 Å². The van der Waals surface area contributed by atoms with Gasteiger partial charge in [0, 0.05) is 13.8 Å². The van der Waals surface area contributed by atoms with E-state index in [1.807, 2.05) is 0 Å². The van der Waals surface area contributed by atoms with E-state index in [2.05, 4.69) is 4.28 Å². The van der Waals surface area contributed by atoms with Crippen LogP contribution in [0.25, 0.3) is 0 Å². The summed E-state index contributed by atoms with van der Waals surface area (Å²) in [6.45, 7) is 2.04. The van der Waals surface area contributed by atoms with Gasteiger partial charge in [-0.25, -0.2) is 0 Å². The van der Waals surface area contributed by atoms with E-state index < -0.39 is 21.9 Å². The maximum atomic E-state index is 10.6. The highest BCUT2D eigenvalue weighted by Crippen LogP contribution is 1.97. The number of rotatable bonds is 2. The standard InChI is InChI=1S/C5H9NO5S/c1-4(7)6(5(2)8)11-12(3,9)10/h1-3H3. The number of hydrogen-bond donors (Lipinski definition) is 0. The second-order valence-corrected chi connectivity index (χ2v) is 3.67. The first-order valence-electron chi connectivity index (χ1n) is 2.95. The molecule has 0 aliphatic carbocycles. The largest absolute Gasteiger partial charge is 0.285 e. The van der Waals surface area contributed by atoms with E-state index in [9.17, 15) is 18.0 Å². The van der Waals surface area contributed by atoms with Gasteiger partial charge in [0.25, 0.3) is 21.9 Å². The first kappa shape index (κ1) is 11.1. The molecular formula is C5H9NO5S. The molecule has 0 bridgehead atoms. The van der Waals surface area contributed by atoms with Crippen LogP contribution in [0, 0.1) is 0 Å². The Labute approximate surface area is 70.2 Å². The van der Waals surface area contributed by atoms with Crippen LogP contribution < -0.4 is 0 Å². The van der Waals surface area contributed by atoms with Crippen LogP contribution in [-0.2, 0) is 24.0 Å². The number of carbonyl (C=O) groups is 2. The summed E-state index contributed by atoms with van der Waals surface area (Å²) in [6, 6.07) is 0. The molecule has 0 aromatic heterocycles. The monoisotopic (exact) mass is 195 g/mol. The second kappa shape index (κ2) is 3.63. The van der Waals surface area contributed by atoms with Gasteiger partial charge in [-0.2, -0.15) is 8.42 Å². The molecule has 0 rings (SSSR count). The number of imide groups is 1. The molecule has 70 valence electrons. The average molecular weight is 195 g/mol. The van der Waals surface area contributed by atoms with Gasteiger partial charge in [-0.05, 0) is 0 Å². The van der Waals surface area contributed by atoms with Crippen LogP contribution >= 0.6 is 0 Å². The topological polar surface area (TPSA) is 80.8 Å². The SMILES string of the molecule is CC(=O)N(OS(C)(=O)=O)C(C)=O. The minimum atomic E-state index is -3.83. The van der Waals surface area contributed by atoms with Crippen LogP contribution in [-0.4, -0.2) is 31.6 Å². The predicted molar refractivity (Wildman–Crippen MR) is 39.1 cm³/mol. The van der Waals surface area contributed by atoms with E-state index in [0.29, 0.717) is 0 Å². The second-order valence-electron chi connectivity index (χ2n) is 2.11. The lowest BCUT2D eigenvalue weighted by molar-refractivity contribution is -0.168. The number of hydroxylamine groups is 2. The Morgan fingerprint density at radius 2 is 1.50 bits per heavy atom. The van der Waals surface area contributed by atoms with Crippen molar-refractivity contribution in [3.8, 4) is 0 Å². The van der Waals surface area contributed by atoms with Gasteiger partial charge >= 0.3 is 0 Å². The van der Waals surface area contributed by atoms with Crippen LogP contribution in [0.3, 0.4) is 0 Å². The first-order valence-corrected chi connectivity index (χ1v) is 4.76. The van der Waals surface area contributed by atoms with Crippen LogP contribution in [0.15, 0.2) is 0 Å². The molecule has 0 unspecified atom stereocenters. The van der Waals surface area contributed by atoms with Crippen LogP contribution in [0.4, 0.5) is 0 Å². The van der Waals surface area contributed by atoms with Crippen molar-refractivity contribution in [1.29, 1.82) is 0 Å². The zero-order valence-corrected chi connectivity index (χ0v) is 7.71. The van der Waals surface area contributed by atoms with Crippen molar-refractivity contribution in [2.75, 3.05) is 6.26 Å². The van der Waals surface area contributed by atoms with E-state index in [1.165, 1.54) is 0 Å². The van der Waals surface area contributed by atoms with Crippen LogP contribution in [0.5, 0.6) is 0 Å². The van der Waals surface area contributed by atoms with Gasteiger partial charge < -0.3 is 0 Å². The molecule has 0 atom stereocenters. The summed E-state index contributed by atoms with van der Waals surface area (Å²) in [5, 5.41) is 0.176. The lowest BCUT2D eigenvalue weighted by atomic mass is 10.6. The summed E-state index contributed by atoms with van der Waals surface area (Å²) < 4.78 is 25.0. The lowest BCUT2D eigenvalue weighted by Crippen LogP contribution is -2.35. The number of amides is 2. The van der Waals surface area contributed by atoms with Crippen molar-refractivity contribution in [3.05, 3.63) is 0 Å². The lowest BCUT2D eigenvalue weighted by Gasteiger charge is -2.13. The maximum Gasteiger partial charge on any atom is 0.285 e. The highest BCUT2D eigenvalue weighted by atomic mass is 32.2. The van der Waals surface area contributed by atoms with Crippen molar-refractivity contribution in [2.24, 2.45) is 0 Å². The molecule has 0 aromatic rings. The molecule has 6 nitrogen and oxygen atoms in total. The van der Waals surface area contributed by atoms with Gasteiger partial charge in [-0.1, -0.05) is 0 Å². The van der Waals surface area contributed by atoms with E-state index in [1.54, 1.807) is 0 Å². The fraction of sp³-hybridized carbons (Fsp3) is 0.600. The summed E-state index contributed by atoms with van der Waals surface area (Å²) in [7, 11) is -3.83. The van der Waals surface area contributed by atoms with Crippen molar-refractivity contribution in [3.63, 3.8) is 0 Å². The van der Waals surface area contributed by atoms with E-state index in [0.717, 1.165) is 20.1 Å². The van der Waals surface area contributed by atoms with Gasteiger partial charge in [0.1, 0.15) is 0 Å². The Hall–Kier alpha value is -0.950. The van der Waals surface area contributed by atoms with E-state index >= 15 is 0 Å². The Morgan fingerprint density at radius 1 is 1.17 bits per heavy atom. The van der Waals surface area contributed by atoms with Crippen LogP contribution in [0.2, 0.25) is 0 Å². The number of nitrogens with zero attached hydrogens (tertiary/aromatic N) is 1. The van der Waals surface area contributed by atoms with Gasteiger partial charge in [0.05, 0.1) is 6.26 Å². The zero-order chi connectivity index (χ0) is 9.94. The van der Waals surface area contributed by atoms with Gasteiger partial charge in [0.2, 0.25) is 0 Å². The summed E-state index contributed by atoms with van der Waals surface area (Å²) in [4.78, 5) is 21.2. The smallest absolute Gasteiger partial charge is 0.272 e. The molecule has 0 spiro atoms.